The van der Waals surface area contributed by atoms with Gasteiger partial charge in [-0.25, -0.2) is 22.2 Å². The van der Waals surface area contributed by atoms with Crippen LogP contribution in [0.5, 0.6) is 0 Å². The molecule has 0 spiro atoms. The number of nitrogens with zero attached hydrogens (tertiary/aromatic N) is 2. The predicted octanol–water partition coefficient (Wildman–Crippen LogP) is 1.20. The first kappa shape index (κ1) is 18.0. The molecule has 0 unspecified atom stereocenters. The largest absolute Gasteiger partial charge is 0.435 e. The van der Waals surface area contributed by atoms with E-state index in [0.717, 1.165) is 34.2 Å². The van der Waals surface area contributed by atoms with Gasteiger partial charge in [0.25, 0.3) is 5.89 Å². The van der Waals surface area contributed by atoms with Crippen molar-refractivity contribution in [3.63, 3.8) is 0 Å². The van der Waals surface area contributed by atoms with Gasteiger partial charge in [0.15, 0.2) is 12.1 Å². The molecule has 1 fully saturated rings. The number of sulfonamides is 1. The fraction of sp³-hybridized carbons (Fsp3) is 0.278. The van der Waals surface area contributed by atoms with Crippen LogP contribution in [0.3, 0.4) is 0 Å². The van der Waals surface area contributed by atoms with Gasteiger partial charge in [0.2, 0.25) is 10.0 Å². The number of para-hydroxylation sites is 2. The fourth-order valence-corrected chi connectivity index (χ4v) is 4.76. The third kappa shape index (κ3) is 3.58. The molecule has 1 aromatic heterocycles. The van der Waals surface area contributed by atoms with E-state index in [0.29, 0.717) is 25.5 Å². The molecule has 2 heterocycles. The minimum absolute atomic E-state index is 0.216. The molecule has 0 bridgehead atoms. The molecule has 0 saturated carbocycles. The lowest BCUT2D eigenvalue weighted by Gasteiger charge is -2.30. The summed E-state index contributed by atoms with van der Waals surface area (Å²) < 4.78 is 59.4. The topological polar surface area (TPSA) is 67.8 Å². The second-order valence-corrected chi connectivity index (χ2v) is 8.39. The highest BCUT2D eigenvalue weighted by molar-refractivity contribution is 7.89. The quantitative estimate of drug-likeness (QED) is 0.722. The van der Waals surface area contributed by atoms with Gasteiger partial charge >= 0.3 is 0 Å². The lowest BCUT2D eigenvalue weighted by Crippen LogP contribution is -3.13. The third-order valence-electron chi connectivity index (χ3n) is 4.68. The lowest BCUT2D eigenvalue weighted by molar-refractivity contribution is -0.918. The number of piperazine rings is 1. The van der Waals surface area contributed by atoms with Gasteiger partial charge < -0.3 is 9.32 Å². The van der Waals surface area contributed by atoms with E-state index in [4.69, 9.17) is 4.42 Å². The second-order valence-electron chi connectivity index (χ2n) is 6.48. The maximum Gasteiger partial charge on any atom is 0.251 e. The Balaban J connectivity index is 1.44. The van der Waals surface area contributed by atoms with Crippen molar-refractivity contribution in [2.24, 2.45) is 0 Å². The number of nitrogens with one attached hydrogen (secondary N) is 1. The maximum atomic E-state index is 13.9. The van der Waals surface area contributed by atoms with Crippen LogP contribution < -0.4 is 4.90 Å². The number of halogens is 2. The van der Waals surface area contributed by atoms with E-state index in [1.165, 1.54) is 4.31 Å². The molecule has 0 radical (unpaired) electrons. The minimum Gasteiger partial charge on any atom is -0.435 e. The van der Waals surface area contributed by atoms with Crippen molar-refractivity contribution in [2.45, 2.75) is 11.4 Å². The Morgan fingerprint density at radius 1 is 1.11 bits per heavy atom. The molecule has 1 aliphatic rings. The molecular weight excluding hydrogens is 376 g/mol. The molecule has 0 aliphatic carbocycles. The summed E-state index contributed by atoms with van der Waals surface area (Å²) in [6.45, 7) is 2.02. The first-order valence-electron chi connectivity index (χ1n) is 8.57. The van der Waals surface area contributed by atoms with Crippen LogP contribution in [0.15, 0.2) is 51.8 Å². The minimum atomic E-state index is -4.07. The summed E-state index contributed by atoms with van der Waals surface area (Å²) in [4.78, 5) is 4.93. The third-order valence-corrected chi connectivity index (χ3v) is 6.59. The normalized spacial score (nSPS) is 16.8. The smallest absolute Gasteiger partial charge is 0.251 e. The van der Waals surface area contributed by atoms with E-state index in [1.807, 2.05) is 24.3 Å². The fourth-order valence-electron chi connectivity index (χ4n) is 3.24. The molecule has 6 nitrogen and oxygen atoms in total. The van der Waals surface area contributed by atoms with Crippen LogP contribution in [0.4, 0.5) is 8.78 Å². The van der Waals surface area contributed by atoms with Gasteiger partial charge in [-0.2, -0.15) is 4.31 Å². The van der Waals surface area contributed by atoms with Crippen LogP contribution in [0.25, 0.3) is 11.1 Å². The van der Waals surface area contributed by atoms with Crippen LogP contribution in [-0.2, 0) is 16.6 Å². The molecule has 142 valence electrons. The zero-order valence-electron chi connectivity index (χ0n) is 14.4. The Morgan fingerprint density at radius 2 is 1.85 bits per heavy atom. The van der Waals surface area contributed by atoms with E-state index in [-0.39, 0.29) is 13.1 Å². The maximum absolute atomic E-state index is 13.9. The van der Waals surface area contributed by atoms with Crippen LogP contribution in [0.2, 0.25) is 0 Å². The molecule has 4 rings (SSSR count). The highest BCUT2D eigenvalue weighted by Gasteiger charge is 2.33. The number of benzene rings is 2. The highest BCUT2D eigenvalue weighted by Crippen LogP contribution is 2.20. The summed E-state index contributed by atoms with van der Waals surface area (Å²) in [7, 11) is -4.07. The summed E-state index contributed by atoms with van der Waals surface area (Å²) in [5, 5.41) is 0. The number of hydrogen-bond donors (Lipinski definition) is 1. The Hall–Kier alpha value is -2.36. The molecule has 3 aromatic rings. The standard InChI is InChI=1S/C18H17F2N3O3S/c19-13-5-6-14(20)17(11-13)27(24,25)23-9-7-22(8-10-23)12-18-21-15-3-1-2-4-16(15)26-18/h1-6,11H,7-10,12H2/p+1. The summed E-state index contributed by atoms with van der Waals surface area (Å²) in [6, 6.07) is 9.93. The van der Waals surface area contributed by atoms with Gasteiger partial charge in [-0.15, -0.1) is 0 Å². The van der Waals surface area contributed by atoms with E-state index in [9.17, 15) is 17.2 Å². The predicted molar refractivity (Wildman–Crippen MR) is 93.5 cm³/mol. The molecule has 1 N–H and O–H groups in total. The monoisotopic (exact) mass is 394 g/mol. The number of rotatable bonds is 4. The van der Waals surface area contributed by atoms with E-state index < -0.39 is 26.6 Å². The average Bonchev–Trinajstić information content (AvgIpc) is 3.06. The molecule has 2 aromatic carbocycles. The summed E-state index contributed by atoms with van der Waals surface area (Å²) in [6.07, 6.45) is 0. The van der Waals surface area contributed by atoms with Crippen LogP contribution in [0, 0.1) is 11.6 Å². The van der Waals surface area contributed by atoms with Crippen molar-refractivity contribution in [2.75, 3.05) is 26.2 Å². The first-order chi connectivity index (χ1) is 12.9. The van der Waals surface area contributed by atoms with Gasteiger partial charge in [-0.3, -0.25) is 0 Å². The SMILES string of the molecule is O=S(=O)(c1cc(F)ccc1F)N1CC[NH+](Cc2nc3ccccc3o2)CC1. The number of oxazole rings is 1. The molecule has 1 aliphatic heterocycles. The Morgan fingerprint density at radius 3 is 2.59 bits per heavy atom. The molecule has 9 heteroatoms. The van der Waals surface area contributed by atoms with Crippen molar-refractivity contribution < 1.29 is 26.5 Å². The molecule has 1 saturated heterocycles. The number of fused-ring (bicyclic) bond motifs is 1. The lowest BCUT2D eigenvalue weighted by atomic mass is 10.3. The summed E-state index contributed by atoms with van der Waals surface area (Å²) in [5.41, 5.74) is 1.50. The average molecular weight is 394 g/mol. The van der Waals surface area contributed by atoms with Gasteiger partial charge in [0, 0.05) is 0 Å². The molecule has 27 heavy (non-hydrogen) atoms. The summed E-state index contributed by atoms with van der Waals surface area (Å²) >= 11 is 0. The molecule has 0 amide bonds. The van der Waals surface area contributed by atoms with Crippen molar-refractivity contribution in [3.8, 4) is 0 Å². The Kier molecular flexibility index (Phi) is 4.67. The number of aromatic nitrogens is 1. The van der Waals surface area contributed by atoms with Gasteiger partial charge in [-0.05, 0) is 30.3 Å². The molecular formula is C18H18F2N3O3S+. The first-order valence-corrected chi connectivity index (χ1v) is 10.0. The van der Waals surface area contributed by atoms with Crippen molar-refractivity contribution in [1.29, 1.82) is 0 Å². The van der Waals surface area contributed by atoms with Crippen molar-refractivity contribution in [3.05, 3.63) is 60.0 Å². The van der Waals surface area contributed by atoms with E-state index in [2.05, 4.69) is 4.98 Å². The second kappa shape index (κ2) is 6.99. The van der Waals surface area contributed by atoms with E-state index >= 15 is 0 Å². The van der Waals surface area contributed by atoms with Crippen molar-refractivity contribution >= 4 is 21.1 Å². The van der Waals surface area contributed by atoms with Crippen molar-refractivity contribution in [1.82, 2.24) is 9.29 Å². The van der Waals surface area contributed by atoms with Gasteiger partial charge in [0.05, 0.1) is 26.2 Å². The van der Waals surface area contributed by atoms with Gasteiger partial charge in [-0.1, -0.05) is 12.1 Å². The zero-order valence-corrected chi connectivity index (χ0v) is 15.2. The van der Waals surface area contributed by atoms with Crippen LogP contribution >= 0.6 is 0 Å². The number of hydrogen-bond acceptors (Lipinski definition) is 4. The van der Waals surface area contributed by atoms with Crippen LogP contribution in [0.1, 0.15) is 5.89 Å². The number of quaternary nitrogens is 1. The Bertz CT molecular complexity index is 1040. The highest BCUT2D eigenvalue weighted by atomic mass is 32.2. The summed E-state index contributed by atoms with van der Waals surface area (Å²) in [5.74, 6) is -1.13. The van der Waals surface area contributed by atoms with E-state index in [1.54, 1.807) is 0 Å². The zero-order chi connectivity index (χ0) is 19.0. The molecule has 0 atom stereocenters. The van der Waals surface area contributed by atoms with Crippen LogP contribution in [-0.4, -0.2) is 43.9 Å². The Labute approximate surface area is 155 Å². The van der Waals surface area contributed by atoms with Gasteiger partial charge in [0.1, 0.15) is 22.0 Å².